The quantitative estimate of drug-likeness (QED) is 0.0466. The van der Waals surface area contributed by atoms with Crippen LogP contribution in [0.25, 0.3) is 0 Å². The Kier molecular flexibility index (Phi) is 15.0. The van der Waals surface area contributed by atoms with E-state index in [9.17, 15) is 32.9 Å². The highest BCUT2D eigenvalue weighted by Crippen LogP contribution is 2.51. The van der Waals surface area contributed by atoms with Gasteiger partial charge in [0, 0.05) is 274 Å². The van der Waals surface area contributed by atoms with E-state index in [2.05, 4.69) is 0 Å². The summed E-state index contributed by atoms with van der Waals surface area (Å²) in [5.74, 6) is -40.3. The van der Waals surface area contributed by atoms with Crippen LogP contribution in [0.1, 0.15) is 401 Å². The number of piperidine rings is 6. The first kappa shape index (κ1) is 42.3. The molecule has 15 atom stereocenters. The van der Waals surface area contributed by atoms with E-state index in [0.717, 1.165) is 102 Å². The lowest BCUT2D eigenvalue weighted by Crippen LogP contribution is -2.46. The number of ketones is 6. The van der Waals surface area contributed by atoms with Gasteiger partial charge in [0.2, 0.25) is 0 Å². The number of carbonyl (C=O) groups is 6. The second-order valence-corrected chi connectivity index (χ2v) is 33.4. The Balaban J connectivity index is 0.000000217. The maximum Gasteiger partial charge on any atom is 0.161 e. The molecule has 18 rings (SSSR count). The lowest BCUT2D eigenvalue weighted by atomic mass is 9.79. The predicted molar refractivity (Wildman–Crippen MR) is 555 cm³/mol. The van der Waals surface area contributed by atoms with Crippen molar-refractivity contribution < 1.29 is 205 Å². The number of aryl methyl sites for hydroxylation is 6. The summed E-state index contributed by atoms with van der Waals surface area (Å²) in [7, 11) is -11.4. The fourth-order valence-corrected chi connectivity index (χ4v) is 15.9. The third-order valence-corrected chi connectivity index (χ3v) is 22.8. The van der Waals surface area contributed by atoms with Gasteiger partial charge in [-0.25, -0.2) is 0 Å². The van der Waals surface area contributed by atoms with Gasteiger partial charge in [-0.05, 0) is 252 Å². The fourth-order valence-electron chi connectivity index (χ4n) is 15.9. The maximum absolute atomic E-state index is 13.9. The molecule has 0 amide bonds. The SMILES string of the molecule is [2H]C([2H])([2H])Oc1cc2c(cc1OC)C1([2H])CC(=O)C(C([2H])([2H])C([2H])(C([2H])([2H])[2H])C([2H])([2H])C)C([2H])([2H])N1C([2H])([2H])C2([2H])[2H].[2H]C([2H])([2H])Oc1cc2c(cc1OC)C1([2H])CC(=O)C(C([2H])([2H])C([2H])(C([2H])([2H])[2H])C([2H])([2H])C)CN1C([2H])([2H])C2([2H])[2H].[2H]C([2H])([2H])Oc1cc2c(cc1OC)C1([2H])CC(=O)C(CC(C)C)C([2H])([2H])N1C([2H])([2H])C2([2H])[2H].[2H]C([2H])([2H])Oc1cc2c(cc1OC)C1([2H])N(C([2H])([2H])C([2H])(CC(C)C)C(=O)C1([2H])[2H])C([2H])([2H])C2([2H])[2H].[2H]C([2H])([2H])Oc1cc2c(cc1OC)C1([2H])N(CC([2H])(C([2H])([2H])C([2H])(C([2H])([2H])[2H])C([2H])([2H])C)C(=O)C1([2H])[2H])C([2H])([2H])C2([2H])[2H].[2H]C([2H])([2H])Oc1cc2c(cc1OC)C1([2H])N(CC([2H])(CC(C)C)C(=O)C1([2H])[2H])C([2H])([2H])C2([2H])[2H]. The molecule has 774 valence electrons. The first-order chi connectivity index (χ1) is 101. The van der Waals surface area contributed by atoms with Crippen LogP contribution in [-0.2, 0) is 67.0 Å². The van der Waals surface area contributed by atoms with Crippen molar-refractivity contribution in [1.29, 1.82) is 0 Å². The Hall–Kier alpha value is -9.30. The van der Waals surface area contributed by atoms with Crippen LogP contribution in [0, 0.1) is 70.9 Å². The summed E-state index contributed by atoms with van der Waals surface area (Å²) in [6.45, 7) is -32.5. The zero-order valence-corrected chi connectivity index (χ0v) is 79.3. The summed E-state index contributed by atoms with van der Waals surface area (Å²) in [5, 5.41) is 0. The number of Topliss-reactive ketones (excluding diaryl/α,β-unsaturated/α-hetero) is 6. The van der Waals surface area contributed by atoms with Crippen molar-refractivity contribution in [2.75, 3.05) is 163 Å². The van der Waals surface area contributed by atoms with Crippen LogP contribution in [0.2, 0.25) is 0 Å². The summed E-state index contributed by atoms with van der Waals surface area (Å²) >= 11 is 0. The number of ether oxygens (including phenoxy) is 12. The van der Waals surface area contributed by atoms with Gasteiger partial charge in [-0.3, -0.25) is 58.2 Å². The van der Waals surface area contributed by atoms with Gasteiger partial charge in [-0.15, -0.1) is 0 Å². The fraction of sp³-hybridized carbons (Fsp3) is 0.641. The molecule has 12 aliphatic heterocycles. The number of benzene rings is 6. The molecule has 24 nitrogen and oxygen atoms in total. The second-order valence-electron chi connectivity index (χ2n) is 33.4. The Morgan fingerprint density at radius 3 is 0.894 bits per heavy atom. The minimum Gasteiger partial charge on any atom is -0.493 e. The van der Waals surface area contributed by atoms with Crippen molar-refractivity contribution in [3.63, 3.8) is 0 Å². The zero-order valence-electron chi connectivity index (χ0n) is 166. The normalized spacial score (nSPS) is 46.9. The number of nitrogens with zero attached hydrogens (tertiary/aromatic N) is 6. The summed E-state index contributed by atoms with van der Waals surface area (Å²) in [5.41, 5.74) is -6.56. The Morgan fingerprint density at radius 1 is 0.305 bits per heavy atom. The minimum absolute atomic E-state index is 0.00412. The number of rotatable bonds is 27. The standard InChI is InChI=1S/3C20H29NO3.3C19H27NO3/c3*1-5-13(2)8-15-12-21-7-6-14-9-19(23-3)20(24-4)10-16(14)17(21)11-18(15)22;3*1-12(2)7-14-11-20-6-5-13-8-18(22-3)19(23-4)9-15(13)16(20)10-17(14)21/h3*9-10,13,15,17H,5-8,11-12H2,1-4H3;3*8-9,12,14,16H,5-7,10-11H2,1-4H3/i2D3,3D3,5D2,6D2,7D2,8D2,11D2,13D,15D,17D;2D3,3D3,5D2,6D2,7D2,8D2,12D2,13D,17D;2D3,3D3,5D2,6D2,7D2,8D2,13D,17D;3D3,5D2,6D2,10D2,11D2,14D,16D;3D3,5D2,6D2,10D2,14D,16D;3D3,5D2,6D2,11D2,16D. The van der Waals surface area contributed by atoms with Crippen LogP contribution in [0.15, 0.2) is 72.8 Å². The lowest BCUT2D eigenvalue weighted by Gasteiger charge is -2.43. The molecule has 12 heterocycles. The molecule has 0 N–H and O–H groups in total. The van der Waals surface area contributed by atoms with Crippen LogP contribution >= 0.6 is 0 Å². The van der Waals surface area contributed by atoms with Crippen LogP contribution in [0.4, 0.5) is 0 Å². The molecule has 24 heteroatoms. The molecule has 6 saturated heterocycles. The molecule has 0 bridgehead atoms. The van der Waals surface area contributed by atoms with E-state index in [1.54, 1.807) is 41.5 Å². The van der Waals surface area contributed by atoms with Crippen molar-refractivity contribution >= 4 is 34.7 Å². The van der Waals surface area contributed by atoms with E-state index in [1.807, 2.05) is 0 Å². The van der Waals surface area contributed by atoms with Gasteiger partial charge in [0.1, 0.15) is 34.7 Å². The van der Waals surface area contributed by atoms with Crippen molar-refractivity contribution in [2.24, 2.45) is 70.9 Å². The average Bonchev–Trinajstić information content (AvgIpc) is 0.641. The molecule has 0 radical (unpaired) electrons. The van der Waals surface area contributed by atoms with E-state index in [-0.39, 0.29) is 79.3 Å². The number of fused-ring (bicyclic) bond motifs is 18. The van der Waals surface area contributed by atoms with Gasteiger partial charge in [-0.2, -0.15) is 0 Å². The van der Waals surface area contributed by atoms with Crippen molar-refractivity contribution in [3.05, 3.63) is 140 Å². The molecule has 0 saturated carbocycles. The maximum atomic E-state index is 13.9. The van der Waals surface area contributed by atoms with Crippen molar-refractivity contribution in [3.8, 4) is 69.0 Å². The van der Waals surface area contributed by atoms with E-state index >= 15 is 0 Å². The number of hydrogen-bond donors (Lipinski definition) is 0. The molecule has 0 aliphatic carbocycles. The molecule has 0 aromatic heterocycles. The monoisotopic (exact) mass is 2030 g/mol. The van der Waals surface area contributed by atoms with Gasteiger partial charge < -0.3 is 56.8 Å². The largest absolute Gasteiger partial charge is 0.493 e. The third-order valence-electron chi connectivity index (χ3n) is 22.8. The first-order valence-corrected chi connectivity index (χ1v) is 43.6. The van der Waals surface area contributed by atoms with Gasteiger partial charge in [0.25, 0.3) is 0 Å². The van der Waals surface area contributed by atoms with E-state index < -0.39 is 488 Å². The number of methoxy groups -OCH3 is 12. The third kappa shape index (κ3) is 25.6. The van der Waals surface area contributed by atoms with Crippen LogP contribution in [0.5, 0.6) is 69.0 Å². The van der Waals surface area contributed by atoms with Gasteiger partial charge in [-0.1, -0.05) is 102 Å². The molecule has 141 heavy (non-hydrogen) atoms. The van der Waals surface area contributed by atoms with Crippen LogP contribution in [-0.4, -0.2) is 227 Å². The highest BCUT2D eigenvalue weighted by molar-refractivity contribution is 5.86. The highest BCUT2D eigenvalue weighted by Gasteiger charge is 2.47. The molecule has 6 aromatic rings. The highest BCUT2D eigenvalue weighted by atomic mass is 16.5. The lowest BCUT2D eigenvalue weighted by molar-refractivity contribution is -0.130. The molecular formula is C117H168N6O18. The van der Waals surface area contributed by atoms with E-state index in [4.69, 9.17) is 172 Å². The molecular weight excluding hydrogens is 1780 g/mol. The van der Waals surface area contributed by atoms with Gasteiger partial charge >= 0.3 is 0 Å². The first-order valence-electron chi connectivity index (χ1n) is 87.1. The Labute approximate surface area is 964 Å². The molecule has 0 spiro atoms. The van der Waals surface area contributed by atoms with E-state index in [0.29, 0.717) is 41.5 Å². The molecule has 6 fully saturated rings. The van der Waals surface area contributed by atoms with Gasteiger partial charge in [0.05, 0.1) is 118 Å². The number of carbonyl (C=O) groups excluding carboxylic acids is 6. The second kappa shape index (κ2) is 50.0. The van der Waals surface area contributed by atoms with Crippen LogP contribution < -0.4 is 56.8 Å². The summed E-state index contributed by atoms with van der Waals surface area (Å²) in [6.07, 6.45) is -53.4. The molecule has 6 aromatic carbocycles. The topological polar surface area (TPSA) is 233 Å². The zero-order chi connectivity index (χ0) is 178. The Morgan fingerprint density at radius 2 is 0.560 bits per heavy atom. The van der Waals surface area contributed by atoms with Crippen molar-refractivity contribution in [1.82, 2.24) is 29.4 Å². The minimum atomic E-state index is -4.12. The molecule has 12 aliphatic rings. The van der Waals surface area contributed by atoms with Crippen molar-refractivity contribution in [2.45, 2.75) is 253 Å². The summed E-state index contributed by atoms with van der Waals surface area (Å²) in [6, 6.07) is -6.31. The number of hydrogen-bond acceptors (Lipinski definition) is 24. The Bertz CT molecular complexity index is 9520. The molecule has 15 unspecified atom stereocenters. The summed E-state index contributed by atoms with van der Waals surface area (Å²) in [4.78, 5) is 82.5. The van der Waals surface area contributed by atoms with E-state index in [1.165, 1.54) is 7.11 Å². The summed E-state index contributed by atoms with van der Waals surface area (Å²) < 4.78 is 781. The smallest absolute Gasteiger partial charge is 0.161 e. The van der Waals surface area contributed by atoms with Crippen LogP contribution in [0.3, 0.4) is 0 Å². The predicted octanol–water partition coefficient (Wildman–Crippen LogP) is 20.6. The van der Waals surface area contributed by atoms with Gasteiger partial charge in [0.15, 0.2) is 69.0 Å². The average molecular weight is 2030 g/mol.